The van der Waals surface area contributed by atoms with Crippen LogP contribution >= 0.6 is 0 Å². The molecule has 0 saturated carbocycles. The second-order valence-electron chi connectivity index (χ2n) is 5.08. The molecular weight excluding hydrogens is 252 g/mol. The van der Waals surface area contributed by atoms with Gasteiger partial charge in [-0.1, -0.05) is 50.5 Å². The second-order valence-corrected chi connectivity index (χ2v) is 5.08. The van der Waals surface area contributed by atoms with E-state index in [9.17, 15) is 15.0 Å². The molecule has 3 heteroatoms. The number of Topliss-reactive ketones (excluding diaryl/α,β-unsaturated/α-hetero) is 1. The van der Waals surface area contributed by atoms with Crippen LogP contribution in [-0.2, 0) is 0 Å². The van der Waals surface area contributed by atoms with Gasteiger partial charge in [-0.15, -0.1) is 0 Å². The third-order valence-electron chi connectivity index (χ3n) is 3.55. The van der Waals surface area contributed by atoms with Crippen molar-refractivity contribution >= 4 is 16.6 Å². The molecule has 0 heterocycles. The molecule has 2 N–H and O–H groups in total. The Morgan fingerprint density at radius 3 is 2.55 bits per heavy atom. The molecule has 0 spiro atoms. The maximum Gasteiger partial charge on any atom is 0.169 e. The molecule has 0 bridgehead atoms. The highest BCUT2D eigenvalue weighted by atomic mass is 16.3. The summed E-state index contributed by atoms with van der Waals surface area (Å²) in [6.45, 7) is 2.12. The van der Waals surface area contributed by atoms with E-state index in [0.717, 1.165) is 31.1 Å². The van der Waals surface area contributed by atoms with Gasteiger partial charge in [0.1, 0.15) is 0 Å². The van der Waals surface area contributed by atoms with E-state index in [1.54, 1.807) is 18.2 Å². The summed E-state index contributed by atoms with van der Waals surface area (Å²) in [6.07, 6.45) is 4.48. The zero-order valence-corrected chi connectivity index (χ0v) is 11.7. The number of rotatable bonds is 6. The van der Waals surface area contributed by atoms with Gasteiger partial charge in [-0.2, -0.15) is 0 Å². The predicted molar refractivity (Wildman–Crippen MR) is 80.4 cm³/mol. The third kappa shape index (κ3) is 2.93. The van der Waals surface area contributed by atoms with Crippen molar-refractivity contribution in [2.24, 2.45) is 0 Å². The van der Waals surface area contributed by atoms with Crippen molar-refractivity contribution < 1.29 is 15.0 Å². The first kappa shape index (κ1) is 14.4. The van der Waals surface area contributed by atoms with Crippen LogP contribution in [-0.4, -0.2) is 16.0 Å². The van der Waals surface area contributed by atoms with Crippen LogP contribution < -0.4 is 0 Å². The number of hydrogen-bond donors (Lipinski definition) is 2. The lowest BCUT2D eigenvalue weighted by molar-refractivity contribution is 0.0976. The van der Waals surface area contributed by atoms with E-state index in [0.29, 0.717) is 11.8 Å². The van der Waals surface area contributed by atoms with Crippen LogP contribution in [0.2, 0.25) is 0 Å². The van der Waals surface area contributed by atoms with Crippen LogP contribution in [0.3, 0.4) is 0 Å². The largest absolute Gasteiger partial charge is 0.504 e. The molecule has 20 heavy (non-hydrogen) atoms. The summed E-state index contributed by atoms with van der Waals surface area (Å²) in [6, 6.07) is 8.83. The summed E-state index contributed by atoms with van der Waals surface area (Å²) in [5, 5.41) is 21.3. The summed E-state index contributed by atoms with van der Waals surface area (Å²) < 4.78 is 0. The molecule has 3 nitrogen and oxygen atoms in total. The Balaban J connectivity index is 2.25. The third-order valence-corrected chi connectivity index (χ3v) is 3.55. The van der Waals surface area contributed by atoms with Crippen LogP contribution in [0.5, 0.6) is 11.5 Å². The van der Waals surface area contributed by atoms with Crippen molar-refractivity contribution in [1.82, 2.24) is 0 Å². The number of phenolic OH excluding ortho intramolecular Hbond substituents is 2. The minimum Gasteiger partial charge on any atom is -0.504 e. The van der Waals surface area contributed by atoms with Crippen molar-refractivity contribution in [2.75, 3.05) is 0 Å². The van der Waals surface area contributed by atoms with Crippen molar-refractivity contribution in [3.8, 4) is 11.5 Å². The first-order chi connectivity index (χ1) is 9.65. The maximum absolute atomic E-state index is 12.2. The molecule has 0 radical (unpaired) electrons. The summed E-state index contributed by atoms with van der Waals surface area (Å²) >= 11 is 0. The van der Waals surface area contributed by atoms with Crippen molar-refractivity contribution in [3.63, 3.8) is 0 Å². The smallest absolute Gasteiger partial charge is 0.169 e. The van der Waals surface area contributed by atoms with Gasteiger partial charge in [0.05, 0.1) is 5.56 Å². The summed E-state index contributed by atoms with van der Waals surface area (Å²) in [7, 11) is 0. The fourth-order valence-corrected chi connectivity index (χ4v) is 2.38. The van der Waals surface area contributed by atoms with Crippen LogP contribution in [0, 0.1) is 0 Å². The molecule has 2 rings (SSSR count). The van der Waals surface area contributed by atoms with Gasteiger partial charge >= 0.3 is 0 Å². The van der Waals surface area contributed by atoms with Gasteiger partial charge in [-0.3, -0.25) is 4.79 Å². The highest BCUT2D eigenvalue weighted by molar-refractivity contribution is 6.05. The number of carbonyl (C=O) groups excluding carboxylic acids is 1. The van der Waals surface area contributed by atoms with Gasteiger partial charge in [0, 0.05) is 11.8 Å². The highest BCUT2D eigenvalue weighted by Crippen LogP contribution is 2.37. The number of ketones is 1. The second kappa shape index (κ2) is 6.42. The lowest BCUT2D eigenvalue weighted by atomic mass is 9.99. The molecule has 0 fully saturated rings. The first-order valence-electron chi connectivity index (χ1n) is 7.12. The zero-order valence-electron chi connectivity index (χ0n) is 11.7. The van der Waals surface area contributed by atoms with Crippen molar-refractivity contribution in [3.05, 3.63) is 35.9 Å². The van der Waals surface area contributed by atoms with Crippen molar-refractivity contribution in [1.29, 1.82) is 0 Å². The minimum atomic E-state index is -0.302. The minimum absolute atomic E-state index is 0.111. The summed E-state index contributed by atoms with van der Waals surface area (Å²) in [5.74, 6) is -0.621. The van der Waals surface area contributed by atoms with Crippen LogP contribution in [0.1, 0.15) is 49.4 Å². The molecule has 0 amide bonds. The molecule has 0 atom stereocenters. The number of fused-ring (bicyclic) bond motifs is 1. The molecule has 2 aromatic carbocycles. The Morgan fingerprint density at radius 2 is 1.80 bits per heavy atom. The molecule has 2 aromatic rings. The normalized spacial score (nSPS) is 10.8. The number of hydrogen-bond acceptors (Lipinski definition) is 3. The van der Waals surface area contributed by atoms with Gasteiger partial charge in [0.25, 0.3) is 0 Å². The number of carbonyl (C=O) groups is 1. The molecule has 0 aliphatic carbocycles. The van der Waals surface area contributed by atoms with E-state index in [-0.39, 0.29) is 22.8 Å². The molecule has 106 valence electrons. The van der Waals surface area contributed by atoms with Gasteiger partial charge in [0.15, 0.2) is 17.3 Å². The van der Waals surface area contributed by atoms with Gasteiger partial charge in [-0.05, 0) is 17.9 Å². The highest BCUT2D eigenvalue weighted by Gasteiger charge is 2.17. The Hall–Kier alpha value is -2.03. The molecule has 0 aliphatic rings. The summed E-state index contributed by atoms with van der Waals surface area (Å²) in [5.41, 5.74) is 0.220. The Morgan fingerprint density at radius 1 is 1.05 bits per heavy atom. The molecule has 0 saturated heterocycles. The molecular formula is C17H20O3. The monoisotopic (exact) mass is 272 g/mol. The van der Waals surface area contributed by atoms with E-state index >= 15 is 0 Å². The quantitative estimate of drug-likeness (QED) is 0.465. The van der Waals surface area contributed by atoms with E-state index in [1.165, 1.54) is 0 Å². The van der Waals surface area contributed by atoms with E-state index in [4.69, 9.17) is 0 Å². The number of phenols is 2. The van der Waals surface area contributed by atoms with Gasteiger partial charge in [0.2, 0.25) is 0 Å². The van der Waals surface area contributed by atoms with Gasteiger partial charge < -0.3 is 10.2 Å². The van der Waals surface area contributed by atoms with Crippen LogP contribution in [0.4, 0.5) is 0 Å². The molecule has 0 aliphatic heterocycles. The van der Waals surface area contributed by atoms with Crippen LogP contribution in [0.25, 0.3) is 10.8 Å². The lowest BCUT2D eigenvalue weighted by Crippen LogP contribution is -2.00. The number of unbranched alkanes of at least 4 members (excludes halogenated alkanes) is 3. The molecule has 0 unspecified atom stereocenters. The Labute approximate surface area is 118 Å². The predicted octanol–water partition coefficient (Wildman–Crippen LogP) is 4.40. The van der Waals surface area contributed by atoms with E-state index in [2.05, 4.69) is 6.92 Å². The van der Waals surface area contributed by atoms with Crippen molar-refractivity contribution in [2.45, 2.75) is 39.0 Å². The molecule has 0 aromatic heterocycles. The standard InChI is InChI=1S/C17H20O3/c1-2-3-4-5-10-15(18)14-11-12-8-6-7-9-13(12)16(19)17(14)20/h6-9,11,19-20H,2-5,10H2,1H3. The van der Waals surface area contributed by atoms with Gasteiger partial charge in [-0.25, -0.2) is 0 Å². The maximum atomic E-state index is 12.2. The summed E-state index contributed by atoms with van der Waals surface area (Å²) in [4.78, 5) is 12.2. The fourth-order valence-electron chi connectivity index (χ4n) is 2.38. The number of benzene rings is 2. The Kier molecular flexibility index (Phi) is 4.61. The average Bonchev–Trinajstić information content (AvgIpc) is 2.47. The van der Waals surface area contributed by atoms with E-state index < -0.39 is 0 Å². The average molecular weight is 272 g/mol. The SMILES string of the molecule is CCCCCCC(=O)c1cc2ccccc2c(O)c1O. The first-order valence-corrected chi connectivity index (χ1v) is 7.12. The lowest BCUT2D eigenvalue weighted by Gasteiger charge is -2.09. The number of aromatic hydroxyl groups is 2. The Bertz CT molecular complexity index is 617. The van der Waals surface area contributed by atoms with E-state index in [1.807, 2.05) is 12.1 Å². The fraction of sp³-hybridized carbons (Fsp3) is 0.353. The topological polar surface area (TPSA) is 57.5 Å². The van der Waals surface area contributed by atoms with Crippen LogP contribution in [0.15, 0.2) is 30.3 Å². The zero-order chi connectivity index (χ0) is 14.5.